The predicted molar refractivity (Wildman–Crippen MR) is 119 cm³/mol. The van der Waals surface area contributed by atoms with Crippen molar-refractivity contribution in [1.82, 2.24) is 19.3 Å². The van der Waals surface area contributed by atoms with E-state index in [2.05, 4.69) is 28.9 Å². The van der Waals surface area contributed by atoms with E-state index in [-0.39, 0.29) is 5.56 Å². The smallest absolute Gasteiger partial charge is 0.262 e. The van der Waals surface area contributed by atoms with Gasteiger partial charge in [-0.3, -0.25) is 9.36 Å². The molecule has 150 valence electrons. The van der Waals surface area contributed by atoms with Crippen molar-refractivity contribution in [2.45, 2.75) is 49.1 Å². The zero-order chi connectivity index (χ0) is 20.1. The van der Waals surface area contributed by atoms with Gasteiger partial charge in [0.1, 0.15) is 0 Å². The number of fused-ring (bicyclic) bond motifs is 2. The van der Waals surface area contributed by atoms with E-state index in [9.17, 15) is 4.79 Å². The average molecular weight is 415 g/mol. The third-order valence-electron chi connectivity index (χ3n) is 6.04. The molecule has 0 unspecified atom stereocenters. The molecular weight excluding hydrogens is 392 g/mol. The highest BCUT2D eigenvalue weighted by atomic mass is 32.2. The first-order valence-corrected chi connectivity index (χ1v) is 11.6. The van der Waals surface area contributed by atoms with Crippen LogP contribution in [0.15, 0.2) is 64.5 Å². The van der Waals surface area contributed by atoms with E-state index in [4.69, 9.17) is 10.1 Å². The highest BCUT2D eigenvalue weighted by molar-refractivity contribution is 7.98. The molecule has 0 spiro atoms. The summed E-state index contributed by atoms with van der Waals surface area (Å²) in [7, 11) is 0. The van der Waals surface area contributed by atoms with Gasteiger partial charge < -0.3 is 0 Å². The predicted octanol–water partition coefficient (Wildman–Crippen LogP) is 4.70. The zero-order valence-corrected chi connectivity index (χ0v) is 17.4. The van der Waals surface area contributed by atoms with Crippen LogP contribution in [0, 0.1) is 0 Å². The quantitative estimate of drug-likeness (QED) is 0.351. The Labute approximate surface area is 178 Å². The Morgan fingerprint density at radius 2 is 1.80 bits per heavy atom. The van der Waals surface area contributed by atoms with Crippen molar-refractivity contribution in [2.75, 3.05) is 0 Å². The summed E-state index contributed by atoms with van der Waals surface area (Å²) >= 11 is 1.65. The molecule has 2 aliphatic carbocycles. The van der Waals surface area contributed by atoms with E-state index in [0.717, 1.165) is 53.5 Å². The average Bonchev–Trinajstić information content (AvgIpc) is 3.38. The lowest BCUT2D eigenvalue weighted by atomic mass is 10.2. The minimum atomic E-state index is 0.0886. The van der Waals surface area contributed by atoms with Crippen molar-refractivity contribution < 1.29 is 0 Å². The Kier molecular flexibility index (Phi) is 4.27. The monoisotopic (exact) mass is 414 g/mol. The van der Waals surface area contributed by atoms with Gasteiger partial charge in [0, 0.05) is 17.5 Å². The molecule has 5 nitrogen and oxygen atoms in total. The summed E-state index contributed by atoms with van der Waals surface area (Å²) in [5, 5.41) is 6.51. The van der Waals surface area contributed by atoms with E-state index in [1.165, 1.54) is 17.7 Å². The van der Waals surface area contributed by atoms with Gasteiger partial charge in [0.2, 0.25) is 0 Å². The zero-order valence-electron chi connectivity index (χ0n) is 16.6. The standard InChI is InChI=1S/C24H22N4OS/c29-23-19-9-4-5-11-20(19)25-24(27(23)16-13-14-16)30-15-21-18-10-6-12-22(18)28(26-21)17-7-2-1-3-8-17/h1-5,7-9,11,16H,6,10,12-15H2. The number of hydrogen-bond donors (Lipinski definition) is 0. The third-order valence-corrected chi connectivity index (χ3v) is 7.00. The maximum Gasteiger partial charge on any atom is 0.262 e. The Bertz CT molecular complexity index is 1300. The van der Waals surface area contributed by atoms with Crippen LogP contribution in [0.1, 0.15) is 42.3 Å². The summed E-state index contributed by atoms with van der Waals surface area (Å²) in [6, 6.07) is 18.3. The number of benzene rings is 2. The van der Waals surface area contributed by atoms with Crippen LogP contribution in [-0.2, 0) is 18.6 Å². The molecule has 6 heteroatoms. The molecule has 1 saturated carbocycles. The number of aromatic nitrogens is 4. The Morgan fingerprint density at radius 1 is 1.00 bits per heavy atom. The van der Waals surface area contributed by atoms with Crippen LogP contribution in [0.4, 0.5) is 0 Å². The van der Waals surface area contributed by atoms with Gasteiger partial charge in [-0.2, -0.15) is 5.10 Å². The third kappa shape index (κ3) is 2.98. The van der Waals surface area contributed by atoms with Crippen molar-refractivity contribution in [1.29, 1.82) is 0 Å². The van der Waals surface area contributed by atoms with Crippen molar-refractivity contribution in [2.24, 2.45) is 0 Å². The van der Waals surface area contributed by atoms with Gasteiger partial charge in [-0.25, -0.2) is 9.67 Å². The molecular formula is C24H22N4OS. The van der Waals surface area contributed by atoms with Gasteiger partial charge in [0.15, 0.2) is 5.16 Å². The van der Waals surface area contributed by atoms with Crippen LogP contribution in [0.25, 0.3) is 16.6 Å². The molecule has 0 atom stereocenters. The summed E-state index contributed by atoms with van der Waals surface area (Å²) < 4.78 is 4.03. The van der Waals surface area contributed by atoms with E-state index in [0.29, 0.717) is 11.4 Å². The van der Waals surface area contributed by atoms with Gasteiger partial charge in [0.05, 0.1) is 22.3 Å². The summed E-state index contributed by atoms with van der Waals surface area (Å²) in [4.78, 5) is 18.0. The summed E-state index contributed by atoms with van der Waals surface area (Å²) in [6.45, 7) is 0. The second kappa shape index (κ2) is 7.13. The van der Waals surface area contributed by atoms with Crippen LogP contribution in [-0.4, -0.2) is 19.3 Å². The maximum absolute atomic E-state index is 13.1. The maximum atomic E-state index is 13.1. The van der Waals surface area contributed by atoms with Gasteiger partial charge >= 0.3 is 0 Å². The van der Waals surface area contributed by atoms with Crippen LogP contribution in [0.3, 0.4) is 0 Å². The van der Waals surface area contributed by atoms with Crippen LogP contribution in [0.2, 0.25) is 0 Å². The van der Waals surface area contributed by atoms with E-state index < -0.39 is 0 Å². The number of hydrogen-bond acceptors (Lipinski definition) is 4. The van der Waals surface area contributed by atoms with E-state index >= 15 is 0 Å². The fourth-order valence-corrected chi connectivity index (χ4v) is 5.46. The number of para-hydroxylation sites is 2. The minimum Gasteiger partial charge on any atom is -0.284 e. The first kappa shape index (κ1) is 18.0. The normalized spacial score (nSPS) is 15.6. The highest BCUT2D eigenvalue weighted by Crippen LogP contribution is 2.38. The van der Waals surface area contributed by atoms with Crippen molar-refractivity contribution in [3.63, 3.8) is 0 Å². The largest absolute Gasteiger partial charge is 0.284 e. The molecule has 4 aromatic rings. The number of nitrogens with zero attached hydrogens (tertiary/aromatic N) is 4. The fourth-order valence-electron chi connectivity index (χ4n) is 4.43. The summed E-state index contributed by atoms with van der Waals surface area (Å²) in [6.07, 6.45) is 5.46. The lowest BCUT2D eigenvalue weighted by molar-refractivity contribution is 0.617. The molecule has 2 heterocycles. The SMILES string of the molecule is O=c1c2ccccc2nc(SCc2nn(-c3ccccc3)c3c2CCC3)n1C1CC1. The lowest BCUT2D eigenvalue weighted by Crippen LogP contribution is -2.22. The molecule has 2 aromatic carbocycles. The lowest BCUT2D eigenvalue weighted by Gasteiger charge is -2.12. The van der Waals surface area contributed by atoms with Crippen molar-refractivity contribution in [3.8, 4) is 5.69 Å². The molecule has 0 amide bonds. The Morgan fingerprint density at radius 3 is 2.63 bits per heavy atom. The Balaban J connectivity index is 1.38. The molecule has 0 aliphatic heterocycles. The summed E-state index contributed by atoms with van der Waals surface area (Å²) in [5.74, 6) is 0.736. The van der Waals surface area contributed by atoms with Gasteiger partial charge in [-0.05, 0) is 61.9 Å². The fraction of sp³-hybridized carbons (Fsp3) is 0.292. The van der Waals surface area contributed by atoms with Crippen molar-refractivity contribution >= 4 is 22.7 Å². The minimum absolute atomic E-state index is 0.0886. The van der Waals surface area contributed by atoms with Gasteiger partial charge in [-0.15, -0.1) is 0 Å². The molecule has 6 rings (SSSR count). The molecule has 1 fully saturated rings. The Hall–Kier alpha value is -2.86. The molecule has 0 saturated heterocycles. The van der Waals surface area contributed by atoms with Gasteiger partial charge in [0.25, 0.3) is 5.56 Å². The molecule has 0 N–H and O–H groups in total. The molecule has 0 bridgehead atoms. The van der Waals surface area contributed by atoms with Gasteiger partial charge in [-0.1, -0.05) is 42.1 Å². The van der Waals surface area contributed by atoms with E-state index in [1.54, 1.807) is 11.8 Å². The summed E-state index contributed by atoms with van der Waals surface area (Å²) in [5.41, 5.74) is 5.83. The number of rotatable bonds is 5. The van der Waals surface area contributed by atoms with Crippen LogP contribution < -0.4 is 5.56 Å². The van der Waals surface area contributed by atoms with Crippen molar-refractivity contribution in [3.05, 3.63) is 81.9 Å². The second-order valence-electron chi connectivity index (χ2n) is 8.08. The second-order valence-corrected chi connectivity index (χ2v) is 9.02. The molecule has 30 heavy (non-hydrogen) atoms. The number of thioether (sulfide) groups is 1. The highest BCUT2D eigenvalue weighted by Gasteiger charge is 2.29. The molecule has 0 radical (unpaired) electrons. The van der Waals surface area contributed by atoms with Crippen LogP contribution in [0.5, 0.6) is 0 Å². The first-order valence-electron chi connectivity index (χ1n) is 10.6. The molecule has 2 aromatic heterocycles. The van der Waals surface area contributed by atoms with E-state index in [1.807, 2.05) is 34.9 Å². The topological polar surface area (TPSA) is 52.7 Å². The molecule has 2 aliphatic rings. The first-order chi connectivity index (χ1) is 14.8. The van der Waals surface area contributed by atoms with Crippen LogP contribution >= 0.6 is 11.8 Å².